The molecule has 0 bridgehead atoms. The van der Waals surface area contributed by atoms with Crippen LogP contribution >= 0.6 is 0 Å². The fourth-order valence-electron chi connectivity index (χ4n) is 3.68. The van der Waals surface area contributed by atoms with Crippen molar-refractivity contribution in [3.63, 3.8) is 0 Å². The topological polar surface area (TPSA) is 41.6 Å². The van der Waals surface area contributed by atoms with E-state index in [1.165, 1.54) is 18.4 Å². The van der Waals surface area contributed by atoms with E-state index in [1.54, 1.807) is 7.11 Å². The van der Waals surface area contributed by atoms with Crippen LogP contribution in [0.1, 0.15) is 31.7 Å². The molecule has 0 aromatic heterocycles. The number of piperidine rings is 1. The highest BCUT2D eigenvalue weighted by Gasteiger charge is 2.28. The molecule has 1 N–H and O–H groups in total. The van der Waals surface area contributed by atoms with Gasteiger partial charge < -0.3 is 15.0 Å². The summed E-state index contributed by atoms with van der Waals surface area (Å²) in [4.78, 5) is 14.6. The van der Waals surface area contributed by atoms with Crippen LogP contribution in [0.2, 0.25) is 0 Å². The van der Waals surface area contributed by atoms with Crippen molar-refractivity contribution in [2.24, 2.45) is 11.8 Å². The maximum atomic E-state index is 12.7. The zero-order valence-corrected chi connectivity index (χ0v) is 13.6. The number of hydrogen-bond donors (Lipinski definition) is 1. The molecule has 120 valence electrons. The van der Waals surface area contributed by atoms with Gasteiger partial charge in [-0.05, 0) is 68.0 Å². The third-order valence-electron chi connectivity index (χ3n) is 5.12. The number of methoxy groups -OCH3 is 1. The number of rotatable bonds is 4. The largest absolute Gasteiger partial charge is 0.497 e. The average Bonchev–Trinajstić information content (AvgIpc) is 2.98. The molecular formula is C18H26N2O2. The Morgan fingerprint density at radius 2 is 2.36 bits per heavy atom. The van der Waals surface area contributed by atoms with Crippen molar-refractivity contribution in [1.82, 2.24) is 5.32 Å². The number of nitrogens with zero attached hydrogens (tertiary/aromatic N) is 1. The molecule has 4 nitrogen and oxygen atoms in total. The molecule has 22 heavy (non-hydrogen) atoms. The third kappa shape index (κ3) is 3.12. The molecule has 1 aromatic rings. The fraction of sp³-hybridized carbons (Fsp3) is 0.611. The first-order valence-corrected chi connectivity index (χ1v) is 8.37. The van der Waals surface area contributed by atoms with Crippen molar-refractivity contribution in [2.75, 3.05) is 31.6 Å². The predicted octanol–water partition coefficient (Wildman–Crippen LogP) is 2.61. The number of hydrogen-bond acceptors (Lipinski definition) is 3. The van der Waals surface area contributed by atoms with Crippen molar-refractivity contribution in [3.8, 4) is 5.75 Å². The van der Waals surface area contributed by atoms with Crippen molar-refractivity contribution in [3.05, 3.63) is 23.8 Å². The Balaban J connectivity index is 1.64. The number of benzene rings is 1. The number of amides is 1. The Morgan fingerprint density at radius 1 is 1.50 bits per heavy atom. The van der Waals surface area contributed by atoms with Gasteiger partial charge in [0.15, 0.2) is 0 Å². The molecule has 2 aliphatic heterocycles. The lowest BCUT2D eigenvalue weighted by Crippen LogP contribution is -2.36. The number of fused-ring (bicyclic) bond motifs is 1. The van der Waals surface area contributed by atoms with Crippen molar-refractivity contribution in [2.45, 2.75) is 32.6 Å². The Morgan fingerprint density at radius 3 is 3.09 bits per heavy atom. The number of carbonyl (C=O) groups excluding carboxylic acids is 1. The summed E-state index contributed by atoms with van der Waals surface area (Å²) in [6.07, 6.45) is 4.06. The van der Waals surface area contributed by atoms with Gasteiger partial charge in [-0.1, -0.05) is 6.92 Å². The second-order valence-electron chi connectivity index (χ2n) is 6.58. The van der Waals surface area contributed by atoms with E-state index >= 15 is 0 Å². The number of nitrogens with one attached hydrogen (secondary N) is 1. The predicted molar refractivity (Wildman–Crippen MR) is 88.4 cm³/mol. The van der Waals surface area contributed by atoms with Gasteiger partial charge in [0.05, 0.1) is 7.11 Å². The first kappa shape index (κ1) is 15.3. The van der Waals surface area contributed by atoms with Crippen LogP contribution < -0.4 is 15.0 Å². The lowest BCUT2D eigenvalue weighted by Gasteiger charge is -2.29. The highest BCUT2D eigenvalue weighted by Crippen LogP contribution is 2.33. The van der Waals surface area contributed by atoms with Gasteiger partial charge in [0.25, 0.3) is 0 Å². The second-order valence-corrected chi connectivity index (χ2v) is 6.58. The molecule has 2 heterocycles. The first-order valence-electron chi connectivity index (χ1n) is 8.37. The minimum Gasteiger partial charge on any atom is -0.497 e. The maximum Gasteiger partial charge on any atom is 0.227 e. The molecule has 1 amide bonds. The molecule has 3 rings (SSSR count). The summed E-state index contributed by atoms with van der Waals surface area (Å²) in [5.41, 5.74) is 2.29. The van der Waals surface area contributed by atoms with Gasteiger partial charge >= 0.3 is 0 Å². The minimum atomic E-state index is 0.266. The monoisotopic (exact) mass is 302 g/mol. The minimum absolute atomic E-state index is 0.266. The van der Waals surface area contributed by atoms with Crippen molar-refractivity contribution < 1.29 is 9.53 Å². The Bertz CT molecular complexity index is 538. The van der Waals surface area contributed by atoms with E-state index < -0.39 is 0 Å². The first-order chi connectivity index (χ1) is 10.7. The molecule has 2 atom stereocenters. The van der Waals surface area contributed by atoms with Crippen molar-refractivity contribution in [1.29, 1.82) is 0 Å². The Labute approximate surface area is 132 Å². The molecule has 0 aliphatic carbocycles. The summed E-state index contributed by atoms with van der Waals surface area (Å²) < 4.78 is 5.27. The Hall–Kier alpha value is -1.55. The van der Waals surface area contributed by atoms with Crippen LogP contribution in [0.15, 0.2) is 18.2 Å². The quantitative estimate of drug-likeness (QED) is 0.929. The molecule has 2 aliphatic rings. The van der Waals surface area contributed by atoms with E-state index in [0.717, 1.165) is 37.5 Å². The fourth-order valence-corrected chi connectivity index (χ4v) is 3.68. The van der Waals surface area contributed by atoms with Gasteiger partial charge in [0.1, 0.15) is 5.75 Å². The SMILES string of the molecule is COc1ccc2c(c1)CCN2C(=O)CC(C)C1CCCNC1. The lowest BCUT2D eigenvalue weighted by molar-refractivity contribution is -0.119. The number of anilines is 1. The van der Waals surface area contributed by atoms with Gasteiger partial charge in [-0.2, -0.15) is 0 Å². The van der Waals surface area contributed by atoms with Crippen molar-refractivity contribution >= 4 is 11.6 Å². The average molecular weight is 302 g/mol. The Kier molecular flexibility index (Phi) is 4.67. The van der Waals surface area contributed by atoms with Gasteiger partial charge in [0.2, 0.25) is 5.91 Å². The van der Waals surface area contributed by atoms with E-state index in [-0.39, 0.29) is 5.91 Å². The number of carbonyl (C=O) groups is 1. The number of ether oxygens (including phenoxy) is 1. The highest BCUT2D eigenvalue weighted by atomic mass is 16.5. The zero-order valence-electron chi connectivity index (χ0n) is 13.6. The van der Waals surface area contributed by atoms with E-state index in [9.17, 15) is 4.79 Å². The molecule has 4 heteroatoms. The summed E-state index contributed by atoms with van der Waals surface area (Å²) >= 11 is 0. The summed E-state index contributed by atoms with van der Waals surface area (Å²) in [5, 5.41) is 3.45. The van der Waals surface area contributed by atoms with Crippen LogP contribution in [-0.4, -0.2) is 32.7 Å². The second kappa shape index (κ2) is 6.69. The summed E-state index contributed by atoms with van der Waals surface area (Å²) in [5.74, 6) is 2.22. The smallest absolute Gasteiger partial charge is 0.227 e. The normalized spacial score (nSPS) is 22.3. The highest BCUT2D eigenvalue weighted by molar-refractivity contribution is 5.95. The molecular weight excluding hydrogens is 276 g/mol. The van der Waals surface area contributed by atoms with Crippen LogP contribution in [-0.2, 0) is 11.2 Å². The van der Waals surface area contributed by atoms with Gasteiger partial charge in [-0.15, -0.1) is 0 Å². The summed E-state index contributed by atoms with van der Waals surface area (Å²) in [6.45, 7) is 5.21. The summed E-state index contributed by atoms with van der Waals surface area (Å²) in [7, 11) is 1.68. The standard InChI is InChI=1S/C18H26N2O2/c1-13(15-4-3-8-19-12-15)10-18(21)20-9-7-14-11-16(22-2)5-6-17(14)20/h5-6,11,13,15,19H,3-4,7-10,12H2,1-2H3. The van der Waals surface area contributed by atoms with E-state index in [4.69, 9.17) is 4.74 Å². The zero-order chi connectivity index (χ0) is 15.5. The van der Waals surface area contributed by atoms with Crippen LogP contribution in [0, 0.1) is 11.8 Å². The molecule has 2 unspecified atom stereocenters. The molecule has 1 fully saturated rings. The van der Waals surface area contributed by atoms with E-state index in [2.05, 4.69) is 18.3 Å². The molecule has 0 radical (unpaired) electrons. The van der Waals surface area contributed by atoms with Crippen LogP contribution in [0.25, 0.3) is 0 Å². The van der Waals surface area contributed by atoms with Crippen LogP contribution in [0.4, 0.5) is 5.69 Å². The maximum absolute atomic E-state index is 12.7. The molecule has 0 saturated carbocycles. The van der Waals surface area contributed by atoms with Crippen LogP contribution in [0.5, 0.6) is 5.75 Å². The van der Waals surface area contributed by atoms with Gasteiger partial charge in [-0.3, -0.25) is 4.79 Å². The van der Waals surface area contributed by atoms with Crippen LogP contribution in [0.3, 0.4) is 0 Å². The molecule has 1 saturated heterocycles. The summed E-state index contributed by atoms with van der Waals surface area (Å²) in [6, 6.07) is 6.02. The van der Waals surface area contributed by atoms with E-state index in [1.807, 2.05) is 17.0 Å². The lowest BCUT2D eigenvalue weighted by atomic mass is 9.85. The van der Waals surface area contributed by atoms with Gasteiger partial charge in [-0.25, -0.2) is 0 Å². The molecule has 0 spiro atoms. The molecule has 1 aromatic carbocycles. The van der Waals surface area contributed by atoms with E-state index in [0.29, 0.717) is 18.3 Å². The van der Waals surface area contributed by atoms with Gasteiger partial charge in [0, 0.05) is 18.7 Å². The third-order valence-corrected chi connectivity index (χ3v) is 5.12.